The number of rotatable bonds is 1. The highest BCUT2D eigenvalue weighted by atomic mass is 16.2. The minimum absolute atomic E-state index is 0.139. The van der Waals surface area contributed by atoms with Crippen LogP contribution in [0.25, 0.3) is 0 Å². The highest BCUT2D eigenvalue weighted by molar-refractivity contribution is 6.11. The van der Waals surface area contributed by atoms with E-state index in [2.05, 4.69) is 49.1 Å². The van der Waals surface area contributed by atoms with Crippen molar-refractivity contribution >= 4 is 17.3 Å². The molecule has 0 saturated carbocycles. The standard InChI is InChI=1S/C17H23N3O/c1-10-9-14-16(18-12(3)17(21)19-14)15(11(10)2)13-5-7-20(4)8-6-13/h9,13,18H,3,5-8H2,1-2,4H3,(H,19,21). The SMILES string of the molecule is C=C1Nc2c(cc(C)c(C)c2C2CCN(C)CC2)NC1=O. The van der Waals surface area contributed by atoms with E-state index < -0.39 is 0 Å². The first-order valence-electron chi connectivity index (χ1n) is 7.57. The van der Waals surface area contributed by atoms with Crippen LogP contribution in [-0.2, 0) is 4.79 Å². The van der Waals surface area contributed by atoms with Crippen LogP contribution in [0.1, 0.15) is 35.4 Å². The van der Waals surface area contributed by atoms with Gasteiger partial charge in [-0.2, -0.15) is 0 Å². The predicted octanol–water partition coefficient (Wildman–Crippen LogP) is 2.99. The summed E-state index contributed by atoms with van der Waals surface area (Å²) in [5.74, 6) is 0.408. The first-order valence-corrected chi connectivity index (χ1v) is 7.57. The summed E-state index contributed by atoms with van der Waals surface area (Å²) in [6, 6.07) is 2.06. The monoisotopic (exact) mass is 285 g/mol. The molecule has 1 saturated heterocycles. The van der Waals surface area contributed by atoms with Gasteiger partial charge in [0.05, 0.1) is 17.1 Å². The Bertz CT molecular complexity index is 613. The summed E-state index contributed by atoms with van der Waals surface area (Å²) in [6.45, 7) is 10.4. The number of piperidine rings is 1. The molecule has 1 aromatic carbocycles. The van der Waals surface area contributed by atoms with Crippen LogP contribution in [0, 0.1) is 13.8 Å². The molecule has 2 N–H and O–H groups in total. The zero-order chi connectivity index (χ0) is 15.1. The lowest BCUT2D eigenvalue weighted by molar-refractivity contribution is -0.112. The zero-order valence-electron chi connectivity index (χ0n) is 13.0. The minimum Gasteiger partial charge on any atom is -0.350 e. The maximum atomic E-state index is 11.8. The zero-order valence-corrected chi connectivity index (χ0v) is 13.0. The van der Waals surface area contributed by atoms with Crippen LogP contribution in [0.15, 0.2) is 18.3 Å². The second-order valence-electron chi connectivity index (χ2n) is 6.29. The van der Waals surface area contributed by atoms with Gasteiger partial charge in [0, 0.05) is 0 Å². The highest BCUT2D eigenvalue weighted by Crippen LogP contribution is 2.42. The molecular formula is C17H23N3O. The molecule has 0 bridgehead atoms. The fourth-order valence-electron chi connectivity index (χ4n) is 3.39. The Kier molecular flexibility index (Phi) is 3.49. The van der Waals surface area contributed by atoms with E-state index in [1.165, 1.54) is 16.7 Å². The van der Waals surface area contributed by atoms with Gasteiger partial charge < -0.3 is 15.5 Å². The van der Waals surface area contributed by atoms with Crippen LogP contribution in [-0.4, -0.2) is 30.9 Å². The third-order valence-corrected chi connectivity index (χ3v) is 4.82. The maximum Gasteiger partial charge on any atom is 0.271 e. The van der Waals surface area contributed by atoms with Crippen molar-refractivity contribution in [3.8, 4) is 0 Å². The second kappa shape index (κ2) is 5.19. The summed E-state index contributed by atoms with van der Waals surface area (Å²) in [5, 5.41) is 6.19. The molecule has 0 spiro atoms. The largest absolute Gasteiger partial charge is 0.350 e. The Balaban J connectivity index is 2.07. The summed E-state index contributed by atoms with van der Waals surface area (Å²) >= 11 is 0. The molecule has 4 nitrogen and oxygen atoms in total. The van der Waals surface area contributed by atoms with E-state index in [4.69, 9.17) is 0 Å². The molecule has 2 aliphatic rings. The number of hydrogen-bond acceptors (Lipinski definition) is 3. The van der Waals surface area contributed by atoms with Gasteiger partial charge in [0.25, 0.3) is 5.91 Å². The second-order valence-corrected chi connectivity index (χ2v) is 6.29. The lowest BCUT2D eigenvalue weighted by atomic mass is 9.83. The van der Waals surface area contributed by atoms with Crippen LogP contribution >= 0.6 is 0 Å². The van der Waals surface area contributed by atoms with Crippen molar-refractivity contribution in [1.82, 2.24) is 4.90 Å². The summed E-state index contributed by atoms with van der Waals surface area (Å²) in [6.07, 6.45) is 2.32. The Hall–Kier alpha value is -1.81. The number of hydrogen-bond donors (Lipinski definition) is 2. The lowest BCUT2D eigenvalue weighted by Gasteiger charge is -2.34. The van der Waals surface area contributed by atoms with Crippen molar-refractivity contribution in [2.45, 2.75) is 32.6 Å². The van der Waals surface area contributed by atoms with Crippen molar-refractivity contribution in [2.24, 2.45) is 0 Å². The van der Waals surface area contributed by atoms with Crippen molar-refractivity contribution in [3.05, 3.63) is 35.0 Å². The number of fused-ring (bicyclic) bond motifs is 1. The minimum atomic E-state index is -0.139. The third-order valence-electron chi connectivity index (χ3n) is 4.82. The van der Waals surface area contributed by atoms with Crippen LogP contribution < -0.4 is 10.6 Å². The van der Waals surface area contributed by atoms with Gasteiger partial charge in [-0.05, 0) is 75.5 Å². The molecule has 2 aliphatic heterocycles. The number of nitrogens with one attached hydrogen (secondary N) is 2. The number of carbonyl (C=O) groups excluding carboxylic acids is 1. The summed E-state index contributed by atoms with van der Waals surface area (Å²) in [4.78, 5) is 14.2. The summed E-state index contributed by atoms with van der Waals surface area (Å²) in [5.41, 5.74) is 6.30. The van der Waals surface area contributed by atoms with Crippen LogP contribution in [0.2, 0.25) is 0 Å². The van der Waals surface area contributed by atoms with Crippen molar-refractivity contribution in [3.63, 3.8) is 0 Å². The Morgan fingerprint density at radius 1 is 1.24 bits per heavy atom. The molecule has 0 atom stereocenters. The fraction of sp³-hybridized carbons (Fsp3) is 0.471. The summed E-state index contributed by atoms with van der Waals surface area (Å²) < 4.78 is 0. The maximum absolute atomic E-state index is 11.8. The number of aryl methyl sites for hydroxylation is 1. The van der Waals surface area contributed by atoms with E-state index in [1.807, 2.05) is 0 Å². The molecule has 4 heteroatoms. The predicted molar refractivity (Wildman–Crippen MR) is 86.8 cm³/mol. The Morgan fingerprint density at radius 2 is 1.90 bits per heavy atom. The molecule has 1 fully saturated rings. The first-order chi connectivity index (χ1) is 9.97. The quantitative estimate of drug-likeness (QED) is 0.780. The van der Waals surface area contributed by atoms with Crippen molar-refractivity contribution in [1.29, 1.82) is 0 Å². The van der Waals surface area contributed by atoms with Crippen molar-refractivity contribution < 1.29 is 4.79 Å². The first kappa shape index (κ1) is 14.1. The molecule has 3 rings (SSSR count). The topological polar surface area (TPSA) is 44.4 Å². The normalized spacial score (nSPS) is 20.0. The molecular weight excluding hydrogens is 262 g/mol. The number of anilines is 2. The third kappa shape index (κ3) is 2.44. The van der Waals surface area contributed by atoms with Gasteiger partial charge >= 0.3 is 0 Å². The van der Waals surface area contributed by atoms with E-state index in [0.29, 0.717) is 11.6 Å². The number of likely N-dealkylation sites (tertiary alicyclic amines) is 1. The average Bonchev–Trinajstić information content (AvgIpc) is 2.44. The number of carbonyl (C=O) groups is 1. The van der Waals surface area contributed by atoms with E-state index in [1.54, 1.807) is 0 Å². The van der Waals surface area contributed by atoms with Gasteiger partial charge in [-0.25, -0.2) is 0 Å². The van der Waals surface area contributed by atoms with Crippen LogP contribution in [0.3, 0.4) is 0 Å². The van der Waals surface area contributed by atoms with E-state index >= 15 is 0 Å². The Labute approximate surface area is 126 Å². The molecule has 1 amide bonds. The van der Waals surface area contributed by atoms with Gasteiger partial charge in [-0.15, -0.1) is 0 Å². The molecule has 0 aliphatic carbocycles. The average molecular weight is 285 g/mol. The van der Waals surface area contributed by atoms with Gasteiger partial charge in [0.1, 0.15) is 0 Å². The number of benzene rings is 1. The van der Waals surface area contributed by atoms with Gasteiger partial charge in [0.15, 0.2) is 0 Å². The van der Waals surface area contributed by atoms with Crippen molar-refractivity contribution in [2.75, 3.05) is 30.8 Å². The molecule has 0 radical (unpaired) electrons. The van der Waals surface area contributed by atoms with E-state index in [9.17, 15) is 4.79 Å². The summed E-state index contributed by atoms with van der Waals surface area (Å²) in [7, 11) is 2.18. The van der Waals surface area contributed by atoms with Crippen LogP contribution in [0.4, 0.5) is 11.4 Å². The molecule has 0 unspecified atom stereocenters. The van der Waals surface area contributed by atoms with E-state index in [-0.39, 0.29) is 5.91 Å². The number of amides is 1. The van der Waals surface area contributed by atoms with E-state index in [0.717, 1.165) is 37.3 Å². The fourth-order valence-corrected chi connectivity index (χ4v) is 3.39. The lowest BCUT2D eigenvalue weighted by Crippen LogP contribution is -2.31. The molecule has 0 aromatic heterocycles. The highest BCUT2D eigenvalue weighted by Gasteiger charge is 2.28. The van der Waals surface area contributed by atoms with Gasteiger partial charge in [0.2, 0.25) is 0 Å². The molecule has 1 aromatic rings. The Morgan fingerprint density at radius 3 is 2.57 bits per heavy atom. The molecule has 21 heavy (non-hydrogen) atoms. The van der Waals surface area contributed by atoms with Gasteiger partial charge in [-0.3, -0.25) is 4.79 Å². The number of nitrogens with zero attached hydrogens (tertiary/aromatic N) is 1. The van der Waals surface area contributed by atoms with Crippen LogP contribution in [0.5, 0.6) is 0 Å². The molecule has 112 valence electrons. The smallest absolute Gasteiger partial charge is 0.271 e. The molecule has 2 heterocycles. The van der Waals surface area contributed by atoms with Gasteiger partial charge in [-0.1, -0.05) is 6.58 Å².